The van der Waals surface area contributed by atoms with E-state index in [9.17, 15) is 4.79 Å². The van der Waals surface area contributed by atoms with Gasteiger partial charge in [0, 0.05) is 29.3 Å². The van der Waals surface area contributed by atoms with E-state index in [1.165, 1.54) is 11.3 Å². The van der Waals surface area contributed by atoms with Crippen LogP contribution in [0.3, 0.4) is 0 Å². The standard InChI is InChI=1S/C27H22ClN5O4S/c1-13-6-18(23-20(7-13)32-22(35-3)11-30-23)26-33-24-19(28)9-21-17(25(24)38-26)8-16(37-21)12-36-27(34)31-15-5-4-14(2)29-10-15/h4-7,9-11,16H,8,12H2,1-3H3,(H,31,34)/t16-/m1/s1. The molecule has 1 N–H and O–H groups in total. The molecule has 0 saturated heterocycles. The average Bonchev–Trinajstić information content (AvgIpc) is 3.53. The van der Waals surface area contributed by atoms with Crippen molar-refractivity contribution in [2.45, 2.75) is 26.4 Å². The van der Waals surface area contributed by atoms with Crippen LogP contribution >= 0.6 is 22.9 Å². The van der Waals surface area contributed by atoms with E-state index in [1.54, 1.807) is 31.6 Å². The van der Waals surface area contributed by atoms with Gasteiger partial charge in [0.2, 0.25) is 5.88 Å². The number of anilines is 1. The molecule has 1 aliphatic heterocycles. The number of nitrogens with one attached hydrogen (secondary N) is 1. The van der Waals surface area contributed by atoms with Crippen LogP contribution in [0.2, 0.25) is 5.02 Å². The minimum Gasteiger partial charge on any atom is -0.486 e. The zero-order valence-corrected chi connectivity index (χ0v) is 22.3. The highest BCUT2D eigenvalue weighted by atomic mass is 35.5. The monoisotopic (exact) mass is 547 g/mol. The van der Waals surface area contributed by atoms with Crippen molar-refractivity contribution >= 4 is 56.0 Å². The smallest absolute Gasteiger partial charge is 0.411 e. The Morgan fingerprint density at radius 2 is 2.03 bits per heavy atom. The van der Waals surface area contributed by atoms with Crippen LogP contribution in [0.4, 0.5) is 10.5 Å². The lowest BCUT2D eigenvalue weighted by molar-refractivity contribution is 0.102. The van der Waals surface area contributed by atoms with Crippen LogP contribution in [-0.2, 0) is 11.2 Å². The summed E-state index contributed by atoms with van der Waals surface area (Å²) < 4.78 is 17.7. The number of methoxy groups -OCH3 is 1. The molecule has 0 aliphatic carbocycles. The van der Waals surface area contributed by atoms with Gasteiger partial charge in [-0.1, -0.05) is 11.6 Å². The van der Waals surface area contributed by atoms with Crippen molar-refractivity contribution in [1.29, 1.82) is 0 Å². The minimum atomic E-state index is -0.567. The fourth-order valence-electron chi connectivity index (χ4n) is 4.40. The molecule has 0 spiro atoms. The van der Waals surface area contributed by atoms with Gasteiger partial charge < -0.3 is 14.2 Å². The lowest BCUT2D eigenvalue weighted by Gasteiger charge is -2.12. The van der Waals surface area contributed by atoms with E-state index in [4.69, 9.17) is 30.8 Å². The highest BCUT2D eigenvalue weighted by molar-refractivity contribution is 7.22. The van der Waals surface area contributed by atoms with Crippen molar-refractivity contribution in [3.8, 4) is 22.2 Å². The Kier molecular flexibility index (Phi) is 6.21. The van der Waals surface area contributed by atoms with E-state index in [0.717, 1.165) is 43.1 Å². The van der Waals surface area contributed by atoms with Gasteiger partial charge in [0.15, 0.2) is 0 Å². The summed E-state index contributed by atoms with van der Waals surface area (Å²) in [6.07, 6.45) is 2.84. The Morgan fingerprint density at radius 3 is 2.82 bits per heavy atom. The quantitative estimate of drug-likeness (QED) is 0.280. The normalized spacial score (nSPS) is 14.4. The van der Waals surface area contributed by atoms with Crippen LogP contribution in [0, 0.1) is 13.8 Å². The Bertz CT molecular complexity index is 1710. The molecule has 2 aromatic carbocycles. The van der Waals surface area contributed by atoms with Crippen LogP contribution in [-0.4, -0.2) is 45.8 Å². The second-order valence-corrected chi connectivity index (χ2v) is 10.4. The number of nitrogens with zero attached hydrogens (tertiary/aromatic N) is 4. The Morgan fingerprint density at radius 1 is 1.16 bits per heavy atom. The average molecular weight is 548 g/mol. The maximum atomic E-state index is 12.3. The van der Waals surface area contributed by atoms with E-state index >= 15 is 0 Å². The van der Waals surface area contributed by atoms with Crippen molar-refractivity contribution in [2.24, 2.45) is 0 Å². The molecule has 1 aliphatic rings. The molecule has 11 heteroatoms. The van der Waals surface area contributed by atoms with E-state index < -0.39 is 6.09 Å². The molecular weight excluding hydrogens is 526 g/mol. The molecule has 6 rings (SSSR count). The number of aryl methyl sites for hydroxylation is 2. The first-order valence-corrected chi connectivity index (χ1v) is 13.0. The van der Waals surface area contributed by atoms with Crippen LogP contribution in [0.15, 0.2) is 42.7 Å². The summed E-state index contributed by atoms with van der Waals surface area (Å²) in [6.45, 7) is 3.97. The molecule has 0 radical (unpaired) electrons. The third-order valence-electron chi connectivity index (χ3n) is 6.17. The Balaban J connectivity index is 1.25. The number of ether oxygens (including phenoxy) is 3. The first-order chi connectivity index (χ1) is 18.4. The fraction of sp³-hybridized carbons (Fsp3) is 0.222. The summed E-state index contributed by atoms with van der Waals surface area (Å²) in [5.74, 6) is 1.13. The third-order valence-corrected chi connectivity index (χ3v) is 7.61. The lowest BCUT2D eigenvalue weighted by Crippen LogP contribution is -2.25. The molecule has 4 heterocycles. The van der Waals surface area contributed by atoms with Gasteiger partial charge in [0.1, 0.15) is 29.0 Å². The summed E-state index contributed by atoms with van der Waals surface area (Å²) in [7, 11) is 1.57. The number of aromatic nitrogens is 4. The summed E-state index contributed by atoms with van der Waals surface area (Å²) in [5.41, 5.74) is 6.50. The number of rotatable bonds is 5. The zero-order chi connectivity index (χ0) is 26.4. The largest absolute Gasteiger partial charge is 0.486 e. The summed E-state index contributed by atoms with van der Waals surface area (Å²) >= 11 is 8.16. The Hall–Kier alpha value is -4.02. The van der Waals surface area contributed by atoms with Crippen LogP contribution < -0.4 is 14.8 Å². The molecule has 0 saturated carbocycles. The molecule has 3 aromatic heterocycles. The molecule has 9 nitrogen and oxygen atoms in total. The maximum Gasteiger partial charge on any atom is 0.411 e. The van der Waals surface area contributed by atoms with Crippen molar-refractivity contribution in [3.63, 3.8) is 0 Å². The molecule has 0 fully saturated rings. The van der Waals surface area contributed by atoms with Crippen molar-refractivity contribution in [3.05, 3.63) is 64.6 Å². The highest BCUT2D eigenvalue weighted by Crippen LogP contribution is 2.44. The highest BCUT2D eigenvalue weighted by Gasteiger charge is 2.29. The van der Waals surface area contributed by atoms with Gasteiger partial charge in [-0.2, -0.15) is 0 Å². The van der Waals surface area contributed by atoms with Gasteiger partial charge in [0.05, 0.1) is 45.9 Å². The number of carbonyl (C=O) groups excluding carboxylic acids is 1. The number of amides is 1. The molecule has 192 valence electrons. The lowest BCUT2D eigenvalue weighted by atomic mass is 10.1. The molecule has 0 unspecified atom stereocenters. The van der Waals surface area contributed by atoms with Crippen molar-refractivity contribution in [1.82, 2.24) is 19.9 Å². The van der Waals surface area contributed by atoms with E-state index in [1.807, 2.05) is 32.0 Å². The number of halogens is 1. The van der Waals surface area contributed by atoms with E-state index in [0.29, 0.717) is 34.3 Å². The van der Waals surface area contributed by atoms with Gasteiger partial charge in [-0.15, -0.1) is 11.3 Å². The SMILES string of the molecule is COc1cnc2c(-c3nc4c(Cl)cc5c(c4s3)C[C@H](COC(=O)Nc3ccc(C)nc3)O5)cc(C)cc2n1. The van der Waals surface area contributed by atoms with E-state index in [-0.39, 0.29) is 12.7 Å². The molecule has 0 bridgehead atoms. The van der Waals surface area contributed by atoms with Gasteiger partial charge >= 0.3 is 6.09 Å². The molecule has 5 aromatic rings. The van der Waals surface area contributed by atoms with Gasteiger partial charge in [-0.05, 0) is 43.7 Å². The predicted octanol–water partition coefficient (Wildman–Crippen LogP) is 6.13. The van der Waals surface area contributed by atoms with Crippen LogP contribution in [0.5, 0.6) is 11.6 Å². The third kappa shape index (κ3) is 4.57. The number of benzene rings is 2. The zero-order valence-electron chi connectivity index (χ0n) is 20.7. The van der Waals surface area contributed by atoms with Gasteiger partial charge in [-0.25, -0.2) is 19.7 Å². The molecular formula is C27H22ClN5O4S. The van der Waals surface area contributed by atoms with Crippen molar-refractivity contribution in [2.75, 3.05) is 19.0 Å². The van der Waals surface area contributed by atoms with Gasteiger partial charge in [0.25, 0.3) is 0 Å². The van der Waals surface area contributed by atoms with Crippen molar-refractivity contribution < 1.29 is 19.0 Å². The number of pyridine rings is 1. The molecule has 1 amide bonds. The second-order valence-electron chi connectivity index (χ2n) is 8.98. The van der Waals surface area contributed by atoms with Gasteiger partial charge in [-0.3, -0.25) is 10.3 Å². The molecule has 1 atom stereocenters. The number of hydrogen-bond acceptors (Lipinski definition) is 9. The number of thiazole rings is 1. The number of hydrogen-bond donors (Lipinski definition) is 1. The topological polar surface area (TPSA) is 108 Å². The maximum absolute atomic E-state index is 12.3. The fourth-order valence-corrected chi connectivity index (χ4v) is 5.85. The first kappa shape index (κ1) is 24.3. The minimum absolute atomic E-state index is 0.0878. The van der Waals surface area contributed by atoms with E-state index in [2.05, 4.69) is 20.3 Å². The second kappa shape index (κ2) is 9.70. The summed E-state index contributed by atoms with van der Waals surface area (Å²) in [5, 5.41) is 3.96. The molecule has 38 heavy (non-hydrogen) atoms. The number of fused-ring (bicyclic) bond motifs is 4. The number of carbonyl (C=O) groups is 1. The summed E-state index contributed by atoms with van der Waals surface area (Å²) in [6, 6.07) is 9.37. The first-order valence-electron chi connectivity index (χ1n) is 11.8. The predicted molar refractivity (Wildman–Crippen MR) is 147 cm³/mol. The Labute approximate surface area is 226 Å². The van der Waals surface area contributed by atoms with Crippen LogP contribution in [0.25, 0.3) is 31.8 Å². The van der Waals surface area contributed by atoms with Crippen LogP contribution in [0.1, 0.15) is 16.8 Å². The summed E-state index contributed by atoms with van der Waals surface area (Å²) in [4.78, 5) is 30.4.